The Kier molecular flexibility index (Phi) is 4.86. The van der Waals surface area contributed by atoms with Gasteiger partial charge < -0.3 is 24.1 Å². The standard InChI is InChI=1S/C10H16O7/c1-5(11)16-7-4-15-10(14-3)9(8(7)13)17-6(2)12/h7-10,13H,4H2,1-3H3/t7-,8+,9-,10-/m1/s1. The van der Waals surface area contributed by atoms with Crippen molar-refractivity contribution in [1.82, 2.24) is 0 Å². The Morgan fingerprint density at radius 2 is 1.82 bits per heavy atom. The number of methoxy groups -OCH3 is 1. The molecule has 0 aliphatic carbocycles. The molecular weight excluding hydrogens is 232 g/mol. The highest BCUT2D eigenvalue weighted by atomic mass is 16.7. The summed E-state index contributed by atoms with van der Waals surface area (Å²) >= 11 is 0. The lowest BCUT2D eigenvalue weighted by molar-refractivity contribution is -0.270. The monoisotopic (exact) mass is 248 g/mol. The van der Waals surface area contributed by atoms with Gasteiger partial charge in [0.1, 0.15) is 6.10 Å². The van der Waals surface area contributed by atoms with Gasteiger partial charge in [0.05, 0.1) is 6.61 Å². The van der Waals surface area contributed by atoms with Crippen molar-refractivity contribution in [2.75, 3.05) is 13.7 Å². The summed E-state index contributed by atoms with van der Waals surface area (Å²) in [5.41, 5.74) is 0. The molecule has 1 heterocycles. The maximum Gasteiger partial charge on any atom is 0.303 e. The van der Waals surface area contributed by atoms with E-state index in [0.717, 1.165) is 0 Å². The van der Waals surface area contributed by atoms with Crippen LogP contribution in [-0.2, 0) is 28.5 Å². The molecule has 0 saturated carbocycles. The van der Waals surface area contributed by atoms with Crippen molar-refractivity contribution in [1.29, 1.82) is 0 Å². The summed E-state index contributed by atoms with van der Waals surface area (Å²) in [6, 6.07) is 0. The fourth-order valence-electron chi connectivity index (χ4n) is 1.59. The third-order valence-corrected chi connectivity index (χ3v) is 2.26. The van der Waals surface area contributed by atoms with E-state index >= 15 is 0 Å². The van der Waals surface area contributed by atoms with Crippen LogP contribution < -0.4 is 0 Å². The summed E-state index contributed by atoms with van der Waals surface area (Å²) in [5, 5.41) is 9.91. The number of rotatable bonds is 3. The number of carbonyl (C=O) groups is 2. The van der Waals surface area contributed by atoms with E-state index in [1.165, 1.54) is 21.0 Å². The second-order valence-corrected chi connectivity index (χ2v) is 3.65. The Balaban J connectivity index is 2.72. The minimum absolute atomic E-state index is 0.0168. The summed E-state index contributed by atoms with van der Waals surface area (Å²) < 4.78 is 19.9. The fourth-order valence-corrected chi connectivity index (χ4v) is 1.59. The number of hydrogen-bond acceptors (Lipinski definition) is 7. The van der Waals surface area contributed by atoms with Crippen molar-refractivity contribution in [2.45, 2.75) is 38.4 Å². The van der Waals surface area contributed by atoms with Gasteiger partial charge in [-0.2, -0.15) is 0 Å². The lowest BCUT2D eigenvalue weighted by Crippen LogP contribution is -2.56. The summed E-state index contributed by atoms with van der Waals surface area (Å²) in [5.74, 6) is -1.13. The summed E-state index contributed by atoms with van der Waals surface area (Å²) in [4.78, 5) is 21.7. The first-order valence-corrected chi connectivity index (χ1v) is 5.12. The van der Waals surface area contributed by atoms with Crippen LogP contribution in [0, 0.1) is 0 Å². The highest BCUT2D eigenvalue weighted by Crippen LogP contribution is 2.21. The number of esters is 2. The lowest BCUT2D eigenvalue weighted by atomic mass is 10.1. The molecule has 1 saturated heterocycles. The third-order valence-electron chi connectivity index (χ3n) is 2.26. The maximum atomic E-state index is 10.9. The van der Waals surface area contributed by atoms with Crippen LogP contribution in [0.4, 0.5) is 0 Å². The van der Waals surface area contributed by atoms with E-state index in [-0.39, 0.29) is 6.61 Å². The van der Waals surface area contributed by atoms with Gasteiger partial charge in [0.2, 0.25) is 0 Å². The van der Waals surface area contributed by atoms with E-state index in [0.29, 0.717) is 0 Å². The van der Waals surface area contributed by atoms with Crippen LogP contribution in [0.3, 0.4) is 0 Å². The van der Waals surface area contributed by atoms with Gasteiger partial charge in [-0.15, -0.1) is 0 Å². The largest absolute Gasteiger partial charge is 0.457 e. The molecule has 1 rings (SSSR count). The molecule has 0 aromatic rings. The number of hydrogen-bond donors (Lipinski definition) is 1. The smallest absolute Gasteiger partial charge is 0.303 e. The molecule has 1 fully saturated rings. The molecule has 17 heavy (non-hydrogen) atoms. The number of carbonyl (C=O) groups excluding carboxylic acids is 2. The highest BCUT2D eigenvalue weighted by Gasteiger charge is 2.43. The van der Waals surface area contributed by atoms with Crippen LogP contribution in [0.25, 0.3) is 0 Å². The van der Waals surface area contributed by atoms with Crippen molar-refractivity contribution in [3.05, 3.63) is 0 Å². The molecule has 1 aliphatic heterocycles. The van der Waals surface area contributed by atoms with Gasteiger partial charge >= 0.3 is 11.9 Å². The van der Waals surface area contributed by atoms with Gasteiger partial charge in [-0.3, -0.25) is 9.59 Å². The third kappa shape index (κ3) is 3.65. The first kappa shape index (κ1) is 13.9. The molecule has 0 aromatic heterocycles. The Morgan fingerprint density at radius 3 is 2.29 bits per heavy atom. The van der Waals surface area contributed by atoms with Crippen LogP contribution in [0.1, 0.15) is 13.8 Å². The molecule has 7 nitrogen and oxygen atoms in total. The zero-order valence-corrected chi connectivity index (χ0v) is 9.91. The predicted molar refractivity (Wildman–Crippen MR) is 53.9 cm³/mol. The first-order valence-electron chi connectivity index (χ1n) is 5.12. The second-order valence-electron chi connectivity index (χ2n) is 3.65. The van der Waals surface area contributed by atoms with Crippen molar-refractivity contribution in [3.63, 3.8) is 0 Å². The van der Waals surface area contributed by atoms with E-state index in [2.05, 4.69) is 0 Å². The van der Waals surface area contributed by atoms with Crippen molar-refractivity contribution in [3.8, 4) is 0 Å². The first-order chi connectivity index (χ1) is 7.95. The van der Waals surface area contributed by atoms with E-state index in [1.54, 1.807) is 0 Å². The van der Waals surface area contributed by atoms with Crippen LogP contribution in [0.15, 0.2) is 0 Å². The zero-order valence-electron chi connectivity index (χ0n) is 9.91. The zero-order chi connectivity index (χ0) is 13.0. The van der Waals surface area contributed by atoms with E-state index < -0.39 is 36.5 Å². The van der Waals surface area contributed by atoms with Gasteiger partial charge in [-0.25, -0.2) is 0 Å². The number of aliphatic hydroxyl groups is 1. The molecule has 0 spiro atoms. The van der Waals surface area contributed by atoms with Gasteiger partial charge in [-0.05, 0) is 0 Å². The summed E-state index contributed by atoms with van der Waals surface area (Å²) in [7, 11) is 1.36. The minimum Gasteiger partial charge on any atom is -0.457 e. The molecule has 98 valence electrons. The molecule has 0 amide bonds. The van der Waals surface area contributed by atoms with Crippen LogP contribution >= 0.6 is 0 Å². The molecule has 0 bridgehead atoms. The molecule has 4 atom stereocenters. The maximum absolute atomic E-state index is 10.9. The topological polar surface area (TPSA) is 91.3 Å². The van der Waals surface area contributed by atoms with Crippen molar-refractivity contribution < 1.29 is 33.6 Å². The van der Waals surface area contributed by atoms with Gasteiger partial charge in [0.25, 0.3) is 0 Å². The summed E-state index contributed by atoms with van der Waals surface area (Å²) in [6.07, 6.45) is -3.94. The van der Waals surface area contributed by atoms with E-state index in [9.17, 15) is 14.7 Å². The van der Waals surface area contributed by atoms with Crippen LogP contribution in [-0.4, -0.2) is 55.4 Å². The van der Waals surface area contributed by atoms with E-state index in [1.807, 2.05) is 0 Å². The molecular formula is C10H16O7. The SMILES string of the molecule is CO[C@@H]1OC[C@@H](OC(C)=O)[C@H](O)[C@H]1OC(C)=O. The van der Waals surface area contributed by atoms with Crippen LogP contribution in [0.5, 0.6) is 0 Å². The minimum atomic E-state index is -1.18. The molecule has 7 heteroatoms. The average Bonchev–Trinajstić information content (AvgIpc) is 2.23. The molecule has 0 radical (unpaired) electrons. The summed E-state index contributed by atoms with van der Waals surface area (Å²) in [6.45, 7) is 2.40. The molecule has 1 N–H and O–H groups in total. The van der Waals surface area contributed by atoms with Crippen molar-refractivity contribution >= 4 is 11.9 Å². The average molecular weight is 248 g/mol. The van der Waals surface area contributed by atoms with E-state index in [4.69, 9.17) is 18.9 Å². The highest BCUT2D eigenvalue weighted by molar-refractivity contribution is 5.67. The second kappa shape index (κ2) is 5.95. The number of ether oxygens (including phenoxy) is 4. The van der Waals surface area contributed by atoms with Gasteiger partial charge in [0.15, 0.2) is 18.5 Å². The van der Waals surface area contributed by atoms with Gasteiger partial charge in [-0.1, -0.05) is 0 Å². The molecule has 0 unspecified atom stereocenters. The molecule has 1 aliphatic rings. The van der Waals surface area contributed by atoms with Gasteiger partial charge in [0, 0.05) is 21.0 Å². The lowest BCUT2D eigenvalue weighted by Gasteiger charge is -2.37. The normalized spacial score (nSPS) is 32.9. The number of aliphatic hydroxyl groups excluding tert-OH is 1. The quantitative estimate of drug-likeness (QED) is 0.654. The Hall–Kier alpha value is -1.18. The van der Waals surface area contributed by atoms with Crippen LogP contribution in [0.2, 0.25) is 0 Å². The Morgan fingerprint density at radius 1 is 1.24 bits per heavy atom. The van der Waals surface area contributed by atoms with Crippen molar-refractivity contribution in [2.24, 2.45) is 0 Å². The Labute approximate surface area is 98.6 Å². The molecule has 0 aromatic carbocycles. The fraction of sp³-hybridized carbons (Fsp3) is 0.800. The Bertz CT molecular complexity index is 290. The predicted octanol–water partition coefficient (Wildman–Crippen LogP) is -0.787.